The Kier molecular flexibility index (Phi) is 2.92. The van der Waals surface area contributed by atoms with Crippen LogP contribution in [0.5, 0.6) is 0 Å². The fourth-order valence-corrected chi connectivity index (χ4v) is 2.06. The average molecular weight is 215 g/mol. The molecule has 1 atom stereocenters. The van der Waals surface area contributed by atoms with E-state index in [2.05, 4.69) is 45.6 Å². The van der Waals surface area contributed by atoms with Gasteiger partial charge < -0.3 is 5.32 Å². The summed E-state index contributed by atoms with van der Waals surface area (Å²) in [5.74, 6) is 0.0690. The van der Waals surface area contributed by atoms with E-state index < -0.39 is 0 Å². The molecule has 1 rings (SSSR count). The van der Waals surface area contributed by atoms with E-state index in [4.69, 9.17) is 0 Å². The van der Waals surface area contributed by atoms with E-state index in [0.29, 0.717) is 6.04 Å². The minimum Gasteiger partial charge on any atom is -0.351 e. The van der Waals surface area contributed by atoms with Crippen LogP contribution < -0.4 is 5.32 Å². The van der Waals surface area contributed by atoms with Crippen molar-refractivity contribution in [2.75, 3.05) is 0 Å². The van der Waals surface area contributed by atoms with Crippen LogP contribution in [0.15, 0.2) is 0 Å². The monoisotopic (exact) mass is 215 g/mol. The van der Waals surface area contributed by atoms with Gasteiger partial charge in [0, 0.05) is 6.04 Å². The second-order valence-corrected chi connectivity index (χ2v) is 5.93. The molecule has 1 N–H and O–H groups in total. The first-order valence-corrected chi connectivity index (χ1v) is 5.75. The third kappa shape index (κ3) is 1.67. The highest BCUT2D eigenvalue weighted by Crippen LogP contribution is 2.62. The predicted octanol–water partition coefficient (Wildman–Crippen LogP) is 2.25. The molecule has 1 amide bonds. The maximum Gasteiger partial charge on any atom is 0.233 e. The summed E-state index contributed by atoms with van der Waals surface area (Å²) in [5.41, 5.74) is 0.424. The molecular weight excluding hydrogens is 194 g/mol. The van der Waals surface area contributed by atoms with Gasteiger partial charge in [0.1, 0.15) is 0 Å². The van der Waals surface area contributed by atoms with Gasteiger partial charge in [0.25, 0.3) is 0 Å². The molecule has 2 nitrogen and oxygen atoms in total. The van der Waals surface area contributed by atoms with E-state index in [1.54, 1.807) is 0 Å². The number of carbonyl (C=O) groups excluding carboxylic acids is 1. The highest BCUT2D eigenvalue weighted by atomic mass is 32.1. The highest BCUT2D eigenvalue weighted by molar-refractivity contribution is 7.81. The maximum absolute atomic E-state index is 11.6. The molecule has 14 heavy (non-hydrogen) atoms. The summed E-state index contributed by atoms with van der Waals surface area (Å²) in [4.78, 5) is 11.6. The summed E-state index contributed by atoms with van der Waals surface area (Å²) in [6.45, 7) is 10.7. The zero-order chi connectivity index (χ0) is 11.1. The second kappa shape index (κ2) is 3.44. The molecule has 1 aliphatic rings. The quantitative estimate of drug-likeness (QED) is 0.695. The largest absolute Gasteiger partial charge is 0.351 e. The van der Waals surface area contributed by atoms with Crippen molar-refractivity contribution >= 4 is 18.5 Å². The molecule has 1 fully saturated rings. The topological polar surface area (TPSA) is 29.1 Å². The molecule has 0 aromatic heterocycles. The number of rotatable bonds is 3. The Morgan fingerprint density at radius 3 is 2.07 bits per heavy atom. The van der Waals surface area contributed by atoms with Crippen molar-refractivity contribution in [2.45, 2.75) is 52.3 Å². The van der Waals surface area contributed by atoms with Crippen molar-refractivity contribution in [3.05, 3.63) is 0 Å². The maximum atomic E-state index is 11.6. The molecule has 0 spiro atoms. The standard InChI is InChI=1S/C11H21NOS/c1-6-7(14)8(13)12-9-10(2,3)11(9,4)5/h7,9,14H,6H2,1-5H3,(H,12,13). The van der Waals surface area contributed by atoms with Gasteiger partial charge in [-0.3, -0.25) is 4.79 Å². The van der Waals surface area contributed by atoms with Gasteiger partial charge in [0.2, 0.25) is 5.91 Å². The minimum atomic E-state index is -0.165. The summed E-state index contributed by atoms with van der Waals surface area (Å²) < 4.78 is 0. The SMILES string of the molecule is CCC(S)C(=O)NC1C(C)(C)C1(C)C. The molecule has 3 heteroatoms. The fraction of sp³-hybridized carbons (Fsp3) is 0.909. The number of amides is 1. The summed E-state index contributed by atoms with van der Waals surface area (Å²) in [6, 6.07) is 0.295. The van der Waals surface area contributed by atoms with Crippen molar-refractivity contribution in [2.24, 2.45) is 10.8 Å². The van der Waals surface area contributed by atoms with Crippen molar-refractivity contribution in [1.29, 1.82) is 0 Å². The zero-order valence-electron chi connectivity index (χ0n) is 9.72. The first-order chi connectivity index (χ1) is 6.25. The highest BCUT2D eigenvalue weighted by Gasteiger charge is 2.65. The number of thiol groups is 1. The zero-order valence-corrected chi connectivity index (χ0v) is 10.6. The molecule has 1 aliphatic carbocycles. The van der Waals surface area contributed by atoms with Crippen LogP contribution in [0.25, 0.3) is 0 Å². The smallest absolute Gasteiger partial charge is 0.233 e. The van der Waals surface area contributed by atoms with Gasteiger partial charge in [-0.05, 0) is 17.3 Å². The lowest BCUT2D eigenvalue weighted by atomic mass is 10.0. The van der Waals surface area contributed by atoms with Gasteiger partial charge in [0.15, 0.2) is 0 Å². The summed E-state index contributed by atoms with van der Waals surface area (Å²) in [7, 11) is 0. The molecule has 0 bridgehead atoms. The lowest BCUT2D eigenvalue weighted by Gasteiger charge is -2.10. The Morgan fingerprint density at radius 1 is 1.36 bits per heavy atom. The van der Waals surface area contributed by atoms with E-state index in [1.807, 2.05) is 6.92 Å². The third-order valence-corrected chi connectivity index (χ3v) is 4.60. The first-order valence-electron chi connectivity index (χ1n) is 5.23. The Morgan fingerprint density at radius 2 is 1.79 bits per heavy atom. The van der Waals surface area contributed by atoms with E-state index in [1.165, 1.54) is 0 Å². The Balaban J connectivity index is 2.53. The molecule has 0 aromatic rings. The Hall–Kier alpha value is -0.180. The molecule has 1 unspecified atom stereocenters. The van der Waals surface area contributed by atoms with Gasteiger partial charge in [-0.25, -0.2) is 0 Å². The molecular formula is C11H21NOS. The van der Waals surface area contributed by atoms with Gasteiger partial charge >= 0.3 is 0 Å². The van der Waals surface area contributed by atoms with Crippen molar-refractivity contribution in [3.8, 4) is 0 Å². The molecule has 82 valence electrons. The number of carbonyl (C=O) groups is 1. The molecule has 0 saturated heterocycles. The van der Waals surface area contributed by atoms with Crippen LogP contribution in [0.3, 0.4) is 0 Å². The first kappa shape index (κ1) is 11.9. The lowest BCUT2D eigenvalue weighted by Crippen LogP contribution is -2.35. The van der Waals surface area contributed by atoms with Gasteiger partial charge in [-0.15, -0.1) is 0 Å². The van der Waals surface area contributed by atoms with Crippen molar-refractivity contribution in [3.63, 3.8) is 0 Å². The van der Waals surface area contributed by atoms with E-state index >= 15 is 0 Å². The summed E-state index contributed by atoms with van der Waals surface area (Å²) in [5, 5.41) is 2.91. The van der Waals surface area contributed by atoms with Gasteiger partial charge in [0.05, 0.1) is 5.25 Å². The van der Waals surface area contributed by atoms with Gasteiger partial charge in [-0.1, -0.05) is 34.6 Å². The minimum absolute atomic E-state index is 0.0690. The van der Waals surface area contributed by atoms with Crippen molar-refractivity contribution < 1.29 is 4.79 Å². The van der Waals surface area contributed by atoms with Crippen LogP contribution in [0, 0.1) is 10.8 Å². The van der Waals surface area contributed by atoms with Gasteiger partial charge in [-0.2, -0.15) is 12.6 Å². The van der Waals surface area contributed by atoms with Crippen LogP contribution in [0.4, 0.5) is 0 Å². The van der Waals surface area contributed by atoms with Crippen LogP contribution in [-0.2, 0) is 4.79 Å². The number of hydrogen-bond donors (Lipinski definition) is 2. The third-order valence-electron chi connectivity index (χ3n) is 4.00. The number of nitrogens with one attached hydrogen (secondary N) is 1. The van der Waals surface area contributed by atoms with Crippen LogP contribution >= 0.6 is 12.6 Å². The predicted molar refractivity (Wildman–Crippen MR) is 62.6 cm³/mol. The van der Waals surface area contributed by atoms with Crippen molar-refractivity contribution in [1.82, 2.24) is 5.32 Å². The fourth-order valence-electron chi connectivity index (χ4n) is 1.98. The van der Waals surface area contributed by atoms with Crippen LogP contribution in [0.1, 0.15) is 41.0 Å². The normalized spacial score (nSPS) is 25.6. The summed E-state index contributed by atoms with van der Waals surface area (Å²) in [6.07, 6.45) is 0.780. The molecule has 0 aliphatic heterocycles. The average Bonchev–Trinajstić information content (AvgIpc) is 2.46. The van der Waals surface area contributed by atoms with Crippen LogP contribution in [-0.4, -0.2) is 17.2 Å². The lowest BCUT2D eigenvalue weighted by molar-refractivity contribution is -0.121. The van der Waals surface area contributed by atoms with E-state index in [9.17, 15) is 4.79 Å². The molecule has 0 aromatic carbocycles. The van der Waals surface area contributed by atoms with E-state index in [0.717, 1.165) is 6.42 Å². The summed E-state index contributed by atoms with van der Waals surface area (Å²) >= 11 is 4.23. The molecule has 0 heterocycles. The second-order valence-electron chi connectivity index (χ2n) is 5.31. The molecule has 1 saturated carbocycles. The Bertz CT molecular complexity index is 234. The van der Waals surface area contributed by atoms with Crippen LogP contribution in [0.2, 0.25) is 0 Å². The Labute approximate surface area is 92.2 Å². The molecule has 0 radical (unpaired) electrons. The van der Waals surface area contributed by atoms with E-state index in [-0.39, 0.29) is 22.0 Å². The number of hydrogen-bond acceptors (Lipinski definition) is 2.